The Labute approximate surface area is 196 Å². The molecule has 0 aromatic heterocycles. The number of carbonyl (C=O) groups excluding carboxylic acids is 1. The third-order valence-corrected chi connectivity index (χ3v) is 5.90. The molecule has 1 aliphatic rings. The molecule has 0 saturated carbocycles. The molecule has 1 fully saturated rings. The van der Waals surface area contributed by atoms with Gasteiger partial charge in [-0.3, -0.25) is 4.79 Å². The standard InChI is InChI=1S/C26H34FN3O3/c1-5-7-20-8-11-24(25(16-20)32-4)33-18-26(31)28-19(3)22-17-21(27)9-10-23(22)30-14-12-29(6-2)13-15-30/h5,7-11,16-17,19H,6,12-15,18H2,1-4H3,(H,28,31)/b7-5+. The van der Waals surface area contributed by atoms with Crippen molar-refractivity contribution < 1.29 is 18.7 Å². The molecule has 3 rings (SSSR count). The van der Waals surface area contributed by atoms with Crippen LogP contribution in [0.4, 0.5) is 10.1 Å². The highest BCUT2D eigenvalue weighted by atomic mass is 19.1. The van der Waals surface area contributed by atoms with E-state index in [1.165, 1.54) is 12.1 Å². The van der Waals surface area contributed by atoms with E-state index in [4.69, 9.17) is 9.47 Å². The van der Waals surface area contributed by atoms with Crippen molar-refractivity contribution in [3.8, 4) is 11.5 Å². The molecule has 0 spiro atoms. The van der Waals surface area contributed by atoms with Gasteiger partial charge in [-0.15, -0.1) is 0 Å². The van der Waals surface area contributed by atoms with Crippen LogP contribution in [0.3, 0.4) is 0 Å². The summed E-state index contributed by atoms with van der Waals surface area (Å²) in [5.41, 5.74) is 2.71. The molecule has 0 bridgehead atoms. The molecule has 1 aliphatic heterocycles. The van der Waals surface area contributed by atoms with Crippen molar-refractivity contribution in [1.82, 2.24) is 10.2 Å². The lowest BCUT2D eigenvalue weighted by Crippen LogP contribution is -2.46. The number of ether oxygens (including phenoxy) is 2. The first-order chi connectivity index (χ1) is 15.9. The van der Waals surface area contributed by atoms with Crippen molar-refractivity contribution in [2.24, 2.45) is 0 Å². The van der Waals surface area contributed by atoms with Crippen LogP contribution in [0.5, 0.6) is 11.5 Å². The summed E-state index contributed by atoms with van der Waals surface area (Å²) in [6.45, 7) is 10.5. The number of benzene rings is 2. The first kappa shape index (κ1) is 24.6. The third-order valence-electron chi connectivity index (χ3n) is 5.90. The van der Waals surface area contributed by atoms with E-state index in [-0.39, 0.29) is 24.4 Å². The van der Waals surface area contributed by atoms with Crippen molar-refractivity contribution in [3.63, 3.8) is 0 Å². The Bertz CT molecular complexity index is 971. The van der Waals surface area contributed by atoms with Gasteiger partial charge in [0.2, 0.25) is 0 Å². The minimum Gasteiger partial charge on any atom is -0.493 e. The first-order valence-electron chi connectivity index (χ1n) is 11.4. The van der Waals surface area contributed by atoms with E-state index in [1.54, 1.807) is 13.2 Å². The van der Waals surface area contributed by atoms with E-state index in [0.29, 0.717) is 11.5 Å². The highest BCUT2D eigenvalue weighted by molar-refractivity contribution is 5.78. The molecule has 0 aliphatic carbocycles. The van der Waals surface area contributed by atoms with Crippen molar-refractivity contribution >= 4 is 17.7 Å². The Kier molecular flexibility index (Phi) is 8.72. The maximum atomic E-state index is 14.1. The van der Waals surface area contributed by atoms with Crippen molar-refractivity contribution in [1.29, 1.82) is 0 Å². The fraction of sp³-hybridized carbons (Fsp3) is 0.423. The van der Waals surface area contributed by atoms with Gasteiger partial charge in [-0.1, -0.05) is 25.1 Å². The normalized spacial score (nSPS) is 15.5. The molecule has 1 atom stereocenters. The topological polar surface area (TPSA) is 54.0 Å². The summed E-state index contributed by atoms with van der Waals surface area (Å²) in [5, 5.41) is 2.94. The van der Waals surface area contributed by atoms with Crippen LogP contribution in [0.1, 0.15) is 37.9 Å². The fourth-order valence-electron chi connectivity index (χ4n) is 4.07. The van der Waals surface area contributed by atoms with Crippen LogP contribution < -0.4 is 19.7 Å². The van der Waals surface area contributed by atoms with Gasteiger partial charge in [0.25, 0.3) is 5.91 Å². The van der Waals surface area contributed by atoms with Gasteiger partial charge in [-0.05, 0) is 56.3 Å². The zero-order valence-electron chi connectivity index (χ0n) is 19.9. The van der Waals surface area contributed by atoms with Gasteiger partial charge < -0.3 is 24.6 Å². The number of allylic oxidation sites excluding steroid dienone is 1. The molecule has 178 valence electrons. The predicted octanol–water partition coefficient (Wildman–Crippen LogP) is 4.27. The smallest absolute Gasteiger partial charge is 0.258 e. The SMILES string of the molecule is C/C=C/c1ccc(OCC(=O)NC(C)c2cc(F)ccc2N2CCN(CC)CC2)c(OC)c1. The number of hydrogen-bond donors (Lipinski definition) is 1. The molecule has 2 aromatic carbocycles. The lowest BCUT2D eigenvalue weighted by atomic mass is 10.0. The molecule has 1 saturated heterocycles. The number of carbonyl (C=O) groups is 1. The summed E-state index contributed by atoms with van der Waals surface area (Å²) < 4.78 is 25.2. The lowest BCUT2D eigenvalue weighted by Gasteiger charge is -2.37. The third kappa shape index (κ3) is 6.48. The van der Waals surface area contributed by atoms with Crippen LogP contribution in [0.2, 0.25) is 0 Å². The number of piperazine rings is 1. The van der Waals surface area contributed by atoms with Crippen molar-refractivity contribution in [2.45, 2.75) is 26.8 Å². The van der Waals surface area contributed by atoms with Gasteiger partial charge in [-0.2, -0.15) is 0 Å². The summed E-state index contributed by atoms with van der Waals surface area (Å²) in [4.78, 5) is 17.3. The van der Waals surface area contributed by atoms with Gasteiger partial charge in [-0.25, -0.2) is 4.39 Å². The number of likely N-dealkylation sites (N-methyl/N-ethyl adjacent to an activating group) is 1. The Balaban J connectivity index is 1.65. The molecular weight excluding hydrogens is 421 g/mol. The zero-order chi connectivity index (χ0) is 23.8. The molecule has 6 nitrogen and oxygen atoms in total. The fourth-order valence-corrected chi connectivity index (χ4v) is 4.07. The number of methoxy groups -OCH3 is 1. The summed E-state index contributed by atoms with van der Waals surface area (Å²) in [7, 11) is 1.57. The van der Waals surface area contributed by atoms with E-state index in [9.17, 15) is 9.18 Å². The average Bonchev–Trinajstić information content (AvgIpc) is 2.83. The van der Waals surface area contributed by atoms with Gasteiger partial charge in [0.15, 0.2) is 18.1 Å². The quantitative estimate of drug-likeness (QED) is 0.612. The second-order valence-corrected chi connectivity index (χ2v) is 8.11. The number of nitrogens with one attached hydrogen (secondary N) is 1. The van der Waals surface area contributed by atoms with Crippen LogP contribution in [0.25, 0.3) is 6.08 Å². The number of rotatable bonds is 9. The van der Waals surface area contributed by atoms with Crippen LogP contribution in [0.15, 0.2) is 42.5 Å². The molecule has 7 heteroatoms. The van der Waals surface area contributed by atoms with Crippen LogP contribution in [-0.4, -0.2) is 57.2 Å². The largest absolute Gasteiger partial charge is 0.493 e. The predicted molar refractivity (Wildman–Crippen MR) is 130 cm³/mol. The number of anilines is 1. The minimum absolute atomic E-state index is 0.163. The molecule has 2 aromatic rings. The number of nitrogens with zero attached hydrogens (tertiary/aromatic N) is 2. The summed E-state index contributed by atoms with van der Waals surface area (Å²) in [6.07, 6.45) is 3.90. The van der Waals surface area contributed by atoms with Gasteiger partial charge in [0, 0.05) is 37.4 Å². The molecule has 1 N–H and O–H groups in total. The van der Waals surface area contributed by atoms with Crippen molar-refractivity contribution in [3.05, 3.63) is 59.4 Å². The monoisotopic (exact) mass is 455 g/mol. The van der Waals surface area contributed by atoms with E-state index >= 15 is 0 Å². The molecular formula is C26H34FN3O3. The number of amides is 1. The van der Waals surface area contributed by atoms with Gasteiger partial charge in [0.05, 0.1) is 13.2 Å². The van der Waals surface area contributed by atoms with Crippen LogP contribution >= 0.6 is 0 Å². The summed E-state index contributed by atoms with van der Waals surface area (Å²) >= 11 is 0. The number of halogens is 1. The van der Waals surface area contributed by atoms with Crippen molar-refractivity contribution in [2.75, 3.05) is 51.3 Å². The molecule has 1 heterocycles. The van der Waals surface area contributed by atoms with E-state index in [1.807, 2.05) is 44.2 Å². The maximum absolute atomic E-state index is 14.1. The minimum atomic E-state index is -0.366. The lowest BCUT2D eigenvalue weighted by molar-refractivity contribution is -0.123. The number of hydrogen-bond acceptors (Lipinski definition) is 5. The second-order valence-electron chi connectivity index (χ2n) is 8.11. The molecule has 33 heavy (non-hydrogen) atoms. The Morgan fingerprint density at radius 2 is 1.91 bits per heavy atom. The highest BCUT2D eigenvalue weighted by Crippen LogP contribution is 2.30. The zero-order valence-corrected chi connectivity index (χ0v) is 19.9. The van der Waals surface area contributed by atoms with E-state index in [2.05, 4.69) is 22.0 Å². The van der Waals surface area contributed by atoms with Crippen LogP contribution in [-0.2, 0) is 4.79 Å². The Morgan fingerprint density at radius 3 is 2.58 bits per heavy atom. The summed E-state index contributed by atoms with van der Waals surface area (Å²) in [6, 6.07) is 9.97. The molecule has 1 unspecified atom stereocenters. The Morgan fingerprint density at radius 1 is 1.15 bits per heavy atom. The average molecular weight is 456 g/mol. The second kappa shape index (κ2) is 11.7. The summed E-state index contributed by atoms with van der Waals surface area (Å²) in [5.74, 6) is 0.455. The first-order valence-corrected chi connectivity index (χ1v) is 11.4. The van der Waals surface area contributed by atoms with E-state index < -0.39 is 0 Å². The van der Waals surface area contributed by atoms with E-state index in [0.717, 1.165) is 49.5 Å². The molecule has 0 radical (unpaired) electrons. The maximum Gasteiger partial charge on any atom is 0.258 e. The van der Waals surface area contributed by atoms with Gasteiger partial charge >= 0.3 is 0 Å². The van der Waals surface area contributed by atoms with Gasteiger partial charge in [0.1, 0.15) is 5.82 Å². The highest BCUT2D eigenvalue weighted by Gasteiger charge is 2.22. The molecule has 1 amide bonds. The Hall–Kier alpha value is -3.06. The van der Waals surface area contributed by atoms with Crippen LogP contribution in [0, 0.1) is 5.82 Å².